The second-order valence-electron chi connectivity index (χ2n) is 4.42. The maximum Gasteiger partial charge on any atom is 0.252 e. The summed E-state index contributed by atoms with van der Waals surface area (Å²) in [7, 11) is 1.64. The van der Waals surface area contributed by atoms with Gasteiger partial charge in [-0.1, -0.05) is 35.9 Å². The van der Waals surface area contributed by atoms with Crippen LogP contribution in [0, 0.1) is 0 Å². The molecule has 0 aliphatic heterocycles. The number of hydrogen-bond donors (Lipinski definition) is 1. The van der Waals surface area contributed by atoms with Crippen LogP contribution in [-0.4, -0.2) is 19.6 Å². The van der Waals surface area contributed by atoms with E-state index in [0.29, 0.717) is 28.0 Å². The molecule has 0 radical (unpaired) electrons. The van der Waals surface area contributed by atoms with E-state index < -0.39 is 0 Å². The lowest BCUT2D eigenvalue weighted by Crippen LogP contribution is -2.26. The Labute approximate surface area is 137 Å². The molecule has 2 aromatic carbocycles. The Kier molecular flexibility index (Phi) is 5.65. The maximum atomic E-state index is 12.1. The Bertz CT molecular complexity index is 646. The third-order valence-electron chi connectivity index (χ3n) is 3.07. The molecule has 0 aliphatic carbocycles. The second kappa shape index (κ2) is 7.48. The van der Waals surface area contributed by atoms with Crippen molar-refractivity contribution in [2.75, 3.05) is 13.7 Å². The number of benzene rings is 2. The third kappa shape index (κ3) is 3.99. The van der Waals surface area contributed by atoms with Crippen molar-refractivity contribution in [1.82, 2.24) is 5.32 Å². The lowest BCUT2D eigenvalue weighted by Gasteiger charge is -2.10. The second-order valence-corrected chi connectivity index (χ2v) is 5.65. The van der Waals surface area contributed by atoms with E-state index in [-0.39, 0.29) is 5.91 Å². The predicted octanol–water partition coefficient (Wildman–Crippen LogP) is 4.08. The van der Waals surface area contributed by atoms with Gasteiger partial charge in [-0.15, -0.1) is 0 Å². The van der Waals surface area contributed by atoms with Crippen LogP contribution in [0.1, 0.15) is 15.9 Å². The van der Waals surface area contributed by atoms with E-state index in [9.17, 15) is 4.79 Å². The zero-order chi connectivity index (χ0) is 15.2. The molecule has 0 saturated carbocycles. The molecule has 1 amide bonds. The molecule has 0 fully saturated rings. The first-order chi connectivity index (χ1) is 10.1. The molecular weight excluding hydrogens is 354 g/mol. The fraction of sp³-hybridized carbons (Fsp3) is 0.188. The summed E-state index contributed by atoms with van der Waals surface area (Å²) < 4.78 is 5.99. The molecule has 2 aromatic rings. The van der Waals surface area contributed by atoms with Gasteiger partial charge < -0.3 is 10.1 Å². The van der Waals surface area contributed by atoms with E-state index >= 15 is 0 Å². The molecular formula is C16H15BrClNO2. The van der Waals surface area contributed by atoms with Crippen LogP contribution in [-0.2, 0) is 6.42 Å². The highest BCUT2D eigenvalue weighted by Crippen LogP contribution is 2.25. The van der Waals surface area contributed by atoms with E-state index in [4.69, 9.17) is 16.3 Å². The minimum Gasteiger partial charge on any atom is -0.496 e. The molecule has 0 unspecified atom stereocenters. The van der Waals surface area contributed by atoms with Gasteiger partial charge >= 0.3 is 0 Å². The van der Waals surface area contributed by atoms with Crippen LogP contribution in [0.5, 0.6) is 5.75 Å². The minimum absolute atomic E-state index is 0.184. The van der Waals surface area contributed by atoms with Gasteiger partial charge in [-0.25, -0.2) is 0 Å². The Morgan fingerprint density at radius 1 is 1.24 bits per heavy atom. The van der Waals surface area contributed by atoms with Crippen LogP contribution in [0.2, 0.25) is 5.02 Å². The number of amides is 1. The number of hydrogen-bond acceptors (Lipinski definition) is 2. The number of rotatable bonds is 5. The fourth-order valence-electron chi connectivity index (χ4n) is 1.99. The molecule has 110 valence electrons. The van der Waals surface area contributed by atoms with Gasteiger partial charge in [-0.3, -0.25) is 4.79 Å². The van der Waals surface area contributed by atoms with E-state index in [2.05, 4.69) is 21.2 Å². The predicted molar refractivity (Wildman–Crippen MR) is 88.2 cm³/mol. The lowest BCUT2D eigenvalue weighted by atomic mass is 10.1. The van der Waals surface area contributed by atoms with Gasteiger partial charge in [0, 0.05) is 11.0 Å². The Morgan fingerprint density at radius 2 is 2.00 bits per heavy atom. The number of ether oxygens (including phenoxy) is 1. The van der Waals surface area contributed by atoms with E-state index in [1.165, 1.54) is 0 Å². The van der Waals surface area contributed by atoms with Gasteiger partial charge in [0.05, 0.1) is 17.7 Å². The molecule has 5 heteroatoms. The molecule has 0 heterocycles. The molecule has 0 bridgehead atoms. The summed E-state index contributed by atoms with van der Waals surface area (Å²) in [5.41, 5.74) is 1.52. The highest BCUT2D eigenvalue weighted by molar-refractivity contribution is 9.10. The zero-order valence-corrected chi connectivity index (χ0v) is 13.9. The largest absolute Gasteiger partial charge is 0.496 e. The van der Waals surface area contributed by atoms with Crippen LogP contribution in [0.3, 0.4) is 0 Å². The molecule has 0 aliphatic rings. The first kappa shape index (κ1) is 15.9. The van der Waals surface area contributed by atoms with Crippen LogP contribution >= 0.6 is 27.5 Å². The van der Waals surface area contributed by atoms with Crippen molar-refractivity contribution >= 4 is 33.4 Å². The molecule has 0 atom stereocenters. The van der Waals surface area contributed by atoms with Crippen molar-refractivity contribution in [3.63, 3.8) is 0 Å². The first-order valence-corrected chi connectivity index (χ1v) is 7.64. The SMILES string of the molecule is COc1ccccc1CCNC(=O)c1cccc(Br)c1Cl. The van der Waals surface area contributed by atoms with Crippen molar-refractivity contribution < 1.29 is 9.53 Å². The lowest BCUT2D eigenvalue weighted by molar-refractivity contribution is 0.0954. The van der Waals surface area contributed by atoms with Gasteiger partial charge in [-0.2, -0.15) is 0 Å². The maximum absolute atomic E-state index is 12.1. The standard InChI is InChI=1S/C16H15BrClNO2/c1-21-14-8-3-2-5-11(14)9-10-19-16(20)12-6-4-7-13(17)15(12)18/h2-8H,9-10H2,1H3,(H,19,20). The van der Waals surface area contributed by atoms with Crippen LogP contribution in [0.25, 0.3) is 0 Å². The van der Waals surface area contributed by atoms with Gasteiger partial charge in [0.1, 0.15) is 5.75 Å². The van der Waals surface area contributed by atoms with E-state index in [1.807, 2.05) is 24.3 Å². The number of carbonyl (C=O) groups is 1. The highest BCUT2D eigenvalue weighted by Gasteiger charge is 2.12. The summed E-state index contributed by atoms with van der Waals surface area (Å²) in [5.74, 6) is 0.642. The van der Waals surface area contributed by atoms with Gasteiger partial charge in [0.25, 0.3) is 5.91 Å². The van der Waals surface area contributed by atoms with Gasteiger partial charge in [0.15, 0.2) is 0 Å². The zero-order valence-electron chi connectivity index (χ0n) is 11.5. The molecule has 3 nitrogen and oxygen atoms in total. The average molecular weight is 369 g/mol. The van der Waals surface area contributed by atoms with Crippen molar-refractivity contribution in [2.24, 2.45) is 0 Å². The molecule has 2 rings (SSSR count). The summed E-state index contributed by atoms with van der Waals surface area (Å²) in [6.07, 6.45) is 0.696. The first-order valence-electron chi connectivity index (χ1n) is 6.47. The normalized spacial score (nSPS) is 10.2. The molecule has 1 N–H and O–H groups in total. The Hall–Kier alpha value is -1.52. The summed E-state index contributed by atoms with van der Waals surface area (Å²) >= 11 is 9.41. The summed E-state index contributed by atoms with van der Waals surface area (Å²) in [4.78, 5) is 12.1. The Balaban J connectivity index is 1.97. The molecule has 0 aromatic heterocycles. The van der Waals surface area contributed by atoms with Crippen molar-refractivity contribution in [3.05, 3.63) is 63.1 Å². The van der Waals surface area contributed by atoms with E-state index in [0.717, 1.165) is 11.3 Å². The molecule has 21 heavy (non-hydrogen) atoms. The topological polar surface area (TPSA) is 38.3 Å². The Morgan fingerprint density at radius 3 is 2.76 bits per heavy atom. The highest BCUT2D eigenvalue weighted by atomic mass is 79.9. The van der Waals surface area contributed by atoms with Crippen molar-refractivity contribution in [1.29, 1.82) is 0 Å². The van der Waals surface area contributed by atoms with Crippen LogP contribution in [0.15, 0.2) is 46.9 Å². The van der Waals surface area contributed by atoms with Crippen molar-refractivity contribution in [3.8, 4) is 5.75 Å². The number of methoxy groups -OCH3 is 1. The molecule has 0 spiro atoms. The number of nitrogens with one attached hydrogen (secondary N) is 1. The molecule has 0 saturated heterocycles. The number of carbonyl (C=O) groups excluding carboxylic acids is 1. The van der Waals surface area contributed by atoms with Crippen LogP contribution < -0.4 is 10.1 Å². The summed E-state index contributed by atoms with van der Waals surface area (Å²) in [6, 6.07) is 13.0. The number of halogens is 2. The fourth-order valence-corrected chi connectivity index (χ4v) is 2.57. The van der Waals surface area contributed by atoms with Crippen LogP contribution in [0.4, 0.5) is 0 Å². The number of para-hydroxylation sites is 1. The minimum atomic E-state index is -0.184. The average Bonchev–Trinajstić information content (AvgIpc) is 2.50. The van der Waals surface area contributed by atoms with Gasteiger partial charge in [0.2, 0.25) is 0 Å². The quantitative estimate of drug-likeness (QED) is 0.863. The summed E-state index contributed by atoms with van der Waals surface area (Å²) in [6.45, 7) is 0.516. The third-order valence-corrected chi connectivity index (χ3v) is 4.36. The smallest absolute Gasteiger partial charge is 0.252 e. The van der Waals surface area contributed by atoms with Crippen molar-refractivity contribution in [2.45, 2.75) is 6.42 Å². The van der Waals surface area contributed by atoms with E-state index in [1.54, 1.807) is 25.3 Å². The van der Waals surface area contributed by atoms with Gasteiger partial charge in [-0.05, 0) is 46.1 Å². The monoisotopic (exact) mass is 367 g/mol. The summed E-state index contributed by atoms with van der Waals surface area (Å²) in [5, 5.41) is 3.29.